The van der Waals surface area contributed by atoms with Crippen molar-refractivity contribution in [2.24, 2.45) is 0 Å². The average Bonchev–Trinajstić information content (AvgIpc) is 2.96. The van der Waals surface area contributed by atoms with Gasteiger partial charge in [0.05, 0.1) is 18.7 Å². The zero-order valence-electron chi connectivity index (χ0n) is 13.1. The van der Waals surface area contributed by atoms with Crippen LogP contribution < -0.4 is 16.0 Å². The van der Waals surface area contributed by atoms with E-state index >= 15 is 0 Å². The number of nitrogens with two attached hydrogens (primary N) is 1. The van der Waals surface area contributed by atoms with E-state index in [1.165, 1.54) is 4.90 Å². The molecule has 0 saturated carbocycles. The second-order valence-electron chi connectivity index (χ2n) is 5.58. The van der Waals surface area contributed by atoms with E-state index in [0.717, 1.165) is 0 Å². The monoisotopic (exact) mass is 377 g/mol. The molecule has 1 aliphatic heterocycles. The highest BCUT2D eigenvalue weighted by molar-refractivity contribution is 7.80. The number of nitrogens with one attached hydrogen (secondary N) is 1. The molecule has 0 radical (unpaired) electrons. The number of nitrogens with zero attached hydrogens (tertiary/aromatic N) is 1. The fourth-order valence-corrected chi connectivity index (χ4v) is 2.90. The summed E-state index contributed by atoms with van der Waals surface area (Å²) in [6.07, 6.45) is -0.904. The van der Waals surface area contributed by atoms with E-state index in [0.29, 0.717) is 33.4 Å². The van der Waals surface area contributed by atoms with Crippen molar-refractivity contribution in [2.45, 2.75) is 11.0 Å². The van der Waals surface area contributed by atoms with Crippen molar-refractivity contribution in [1.82, 2.24) is 5.32 Å². The zero-order valence-corrected chi connectivity index (χ0v) is 14.8. The summed E-state index contributed by atoms with van der Waals surface area (Å²) < 4.78 is 5.29. The molecule has 130 valence electrons. The Balaban J connectivity index is 1.61. The van der Waals surface area contributed by atoms with Gasteiger partial charge in [-0.2, -0.15) is 0 Å². The predicted octanol–water partition coefficient (Wildman–Crippen LogP) is 2.97. The van der Waals surface area contributed by atoms with Crippen molar-refractivity contribution < 1.29 is 14.3 Å². The number of rotatable bonds is 4. The normalized spacial score (nSPS) is 16.6. The summed E-state index contributed by atoms with van der Waals surface area (Å²) in [5.74, 6) is -0.325. The second-order valence-corrected chi connectivity index (χ2v) is 6.50. The van der Waals surface area contributed by atoms with Gasteiger partial charge in [0, 0.05) is 21.3 Å². The third kappa shape index (κ3) is 4.00. The van der Waals surface area contributed by atoms with Crippen LogP contribution in [0.4, 0.5) is 16.2 Å². The van der Waals surface area contributed by atoms with Gasteiger partial charge in [0.2, 0.25) is 0 Å². The minimum Gasteiger partial charge on any atom is -0.442 e. The van der Waals surface area contributed by atoms with E-state index in [1.807, 2.05) is 0 Å². The number of hydrogen-bond acceptors (Lipinski definition) is 5. The molecule has 2 amide bonds. The van der Waals surface area contributed by atoms with Crippen LogP contribution in [0.5, 0.6) is 0 Å². The first-order valence-electron chi connectivity index (χ1n) is 7.54. The van der Waals surface area contributed by atoms with E-state index in [4.69, 9.17) is 22.1 Å². The number of benzene rings is 2. The van der Waals surface area contributed by atoms with Crippen molar-refractivity contribution >= 4 is 47.6 Å². The van der Waals surface area contributed by atoms with Crippen LogP contribution in [0, 0.1) is 0 Å². The third-order valence-corrected chi connectivity index (χ3v) is 4.40. The highest BCUT2D eigenvalue weighted by atomic mass is 35.5. The number of amides is 2. The van der Waals surface area contributed by atoms with Crippen molar-refractivity contribution in [3.63, 3.8) is 0 Å². The molecule has 8 heteroatoms. The molecule has 1 fully saturated rings. The standard InChI is InChI=1S/C17H16ClN3O3S/c18-10-1-6-15(25)14(7-10)16(22)20-8-13-9-21(17(23)24-13)12-4-2-11(19)3-5-12/h1-7,13,25H,8-9,19H2,(H,20,22)/t13-/m0/s1. The first-order valence-corrected chi connectivity index (χ1v) is 8.37. The van der Waals surface area contributed by atoms with Gasteiger partial charge in [-0.25, -0.2) is 4.79 Å². The number of ether oxygens (including phenoxy) is 1. The van der Waals surface area contributed by atoms with Gasteiger partial charge < -0.3 is 15.8 Å². The molecule has 3 N–H and O–H groups in total. The molecular weight excluding hydrogens is 362 g/mol. The van der Waals surface area contributed by atoms with Crippen LogP contribution in [-0.4, -0.2) is 31.2 Å². The lowest BCUT2D eigenvalue weighted by atomic mass is 10.2. The lowest BCUT2D eigenvalue weighted by Crippen LogP contribution is -2.34. The lowest BCUT2D eigenvalue weighted by Gasteiger charge is -2.13. The van der Waals surface area contributed by atoms with E-state index in [1.54, 1.807) is 42.5 Å². The van der Waals surface area contributed by atoms with E-state index in [2.05, 4.69) is 17.9 Å². The average molecular weight is 378 g/mol. The maximum absolute atomic E-state index is 12.3. The van der Waals surface area contributed by atoms with E-state index in [9.17, 15) is 9.59 Å². The smallest absolute Gasteiger partial charge is 0.414 e. The fraction of sp³-hybridized carbons (Fsp3) is 0.176. The maximum atomic E-state index is 12.3. The first kappa shape index (κ1) is 17.4. The van der Waals surface area contributed by atoms with Crippen LogP contribution in [0.3, 0.4) is 0 Å². The van der Waals surface area contributed by atoms with Gasteiger partial charge in [-0.15, -0.1) is 12.6 Å². The molecule has 1 atom stereocenters. The quantitative estimate of drug-likeness (QED) is 0.565. The Morgan fingerprint density at radius 2 is 2.04 bits per heavy atom. The van der Waals surface area contributed by atoms with E-state index in [-0.39, 0.29) is 12.5 Å². The summed E-state index contributed by atoms with van der Waals surface area (Å²) in [5, 5.41) is 3.19. The van der Waals surface area contributed by atoms with E-state index < -0.39 is 12.2 Å². The van der Waals surface area contributed by atoms with Crippen molar-refractivity contribution in [3.05, 3.63) is 53.1 Å². The lowest BCUT2D eigenvalue weighted by molar-refractivity contribution is 0.0913. The molecule has 2 aromatic rings. The molecule has 0 bridgehead atoms. The Morgan fingerprint density at radius 3 is 2.76 bits per heavy atom. The summed E-state index contributed by atoms with van der Waals surface area (Å²) >= 11 is 10.2. The van der Waals surface area contributed by atoms with Gasteiger partial charge in [0.1, 0.15) is 6.10 Å². The summed E-state index contributed by atoms with van der Waals surface area (Å²) in [5.41, 5.74) is 7.33. The number of anilines is 2. The van der Waals surface area contributed by atoms with Crippen LogP contribution in [-0.2, 0) is 4.74 Å². The van der Waals surface area contributed by atoms with Gasteiger partial charge in [0.15, 0.2) is 0 Å². The first-order chi connectivity index (χ1) is 11.9. The number of carbonyl (C=O) groups excluding carboxylic acids is 2. The number of hydrogen-bond donors (Lipinski definition) is 3. The zero-order chi connectivity index (χ0) is 18.0. The molecule has 3 rings (SSSR count). The van der Waals surface area contributed by atoms with Gasteiger partial charge in [-0.3, -0.25) is 9.69 Å². The Labute approximate surface area is 155 Å². The van der Waals surface area contributed by atoms with Crippen molar-refractivity contribution in [2.75, 3.05) is 23.7 Å². The summed E-state index contributed by atoms with van der Waals surface area (Å²) in [6.45, 7) is 0.530. The minimum atomic E-state index is -0.457. The third-order valence-electron chi connectivity index (χ3n) is 3.77. The molecule has 6 nitrogen and oxygen atoms in total. The summed E-state index contributed by atoms with van der Waals surface area (Å²) in [4.78, 5) is 26.3. The molecular formula is C17H16ClN3O3S. The molecule has 2 aromatic carbocycles. The molecule has 0 aliphatic carbocycles. The maximum Gasteiger partial charge on any atom is 0.414 e. The van der Waals surface area contributed by atoms with Crippen LogP contribution in [0.15, 0.2) is 47.4 Å². The van der Waals surface area contributed by atoms with Gasteiger partial charge in [-0.1, -0.05) is 11.6 Å². The molecule has 0 unspecified atom stereocenters. The number of thiol groups is 1. The Bertz CT molecular complexity index is 813. The Kier molecular flexibility index (Phi) is 5.06. The van der Waals surface area contributed by atoms with Gasteiger partial charge in [0.25, 0.3) is 5.91 Å². The Hall–Kier alpha value is -2.38. The van der Waals surface area contributed by atoms with Gasteiger partial charge >= 0.3 is 6.09 Å². The molecule has 0 aromatic heterocycles. The molecule has 1 heterocycles. The number of nitrogen functional groups attached to an aromatic ring is 1. The van der Waals surface area contributed by atoms with Crippen LogP contribution >= 0.6 is 24.2 Å². The summed E-state index contributed by atoms with van der Waals surface area (Å²) in [7, 11) is 0. The molecule has 25 heavy (non-hydrogen) atoms. The highest BCUT2D eigenvalue weighted by Gasteiger charge is 2.32. The van der Waals surface area contributed by atoms with Crippen LogP contribution in [0.25, 0.3) is 0 Å². The van der Waals surface area contributed by atoms with Crippen molar-refractivity contribution in [3.8, 4) is 0 Å². The predicted molar refractivity (Wildman–Crippen MR) is 99.5 cm³/mol. The fourth-order valence-electron chi connectivity index (χ4n) is 2.48. The highest BCUT2D eigenvalue weighted by Crippen LogP contribution is 2.23. The summed E-state index contributed by atoms with van der Waals surface area (Å²) in [6, 6.07) is 11.8. The SMILES string of the molecule is Nc1ccc(N2C[C@H](CNC(=O)c3cc(Cl)ccc3S)OC2=O)cc1. The molecule has 0 spiro atoms. The number of halogens is 1. The van der Waals surface area contributed by atoms with Crippen LogP contribution in [0.2, 0.25) is 5.02 Å². The molecule has 1 saturated heterocycles. The van der Waals surface area contributed by atoms with Crippen LogP contribution in [0.1, 0.15) is 10.4 Å². The number of carbonyl (C=O) groups is 2. The topological polar surface area (TPSA) is 84.7 Å². The minimum absolute atomic E-state index is 0.190. The molecule has 1 aliphatic rings. The Morgan fingerprint density at radius 1 is 1.32 bits per heavy atom. The largest absolute Gasteiger partial charge is 0.442 e. The van der Waals surface area contributed by atoms with Gasteiger partial charge in [-0.05, 0) is 42.5 Å². The van der Waals surface area contributed by atoms with Crippen molar-refractivity contribution in [1.29, 1.82) is 0 Å². The second kappa shape index (κ2) is 7.25. The number of cyclic esters (lactones) is 1.